The molecule has 0 spiro atoms. The number of nitrogens with one attached hydrogen (secondary N) is 2. The van der Waals surface area contributed by atoms with Gasteiger partial charge in [0.15, 0.2) is 0 Å². The molecule has 1 unspecified atom stereocenters. The van der Waals surface area contributed by atoms with Gasteiger partial charge in [-0.25, -0.2) is 0 Å². The molecular weight excluding hydrogens is 302 g/mol. The van der Waals surface area contributed by atoms with E-state index in [2.05, 4.69) is 22.1 Å². The van der Waals surface area contributed by atoms with E-state index in [1.54, 1.807) is 12.1 Å². The highest BCUT2D eigenvalue weighted by Crippen LogP contribution is 2.18. The molecule has 1 saturated heterocycles. The van der Waals surface area contributed by atoms with E-state index in [1.807, 2.05) is 18.2 Å². The Balaban J connectivity index is 1.62. The summed E-state index contributed by atoms with van der Waals surface area (Å²) in [6, 6.07) is 9.67. The van der Waals surface area contributed by atoms with Crippen molar-refractivity contribution in [3.8, 4) is 0 Å². The number of H-pyrrole nitrogens is 1. The Bertz CT molecular complexity index is 769. The van der Waals surface area contributed by atoms with Gasteiger partial charge >= 0.3 is 0 Å². The van der Waals surface area contributed by atoms with Crippen molar-refractivity contribution < 1.29 is 4.79 Å². The van der Waals surface area contributed by atoms with E-state index in [1.165, 1.54) is 19.3 Å². The Labute approximate surface area is 142 Å². The number of hydrogen-bond acceptors (Lipinski definition) is 3. The average molecular weight is 327 g/mol. The number of benzene rings is 1. The van der Waals surface area contributed by atoms with Crippen LogP contribution in [0, 0.1) is 0 Å². The van der Waals surface area contributed by atoms with Crippen LogP contribution in [0.3, 0.4) is 0 Å². The lowest BCUT2D eigenvalue weighted by Crippen LogP contribution is -2.43. The minimum Gasteiger partial charge on any atom is -0.349 e. The molecule has 0 saturated carbocycles. The fourth-order valence-corrected chi connectivity index (χ4v) is 3.56. The van der Waals surface area contributed by atoms with Crippen molar-refractivity contribution in [1.29, 1.82) is 0 Å². The van der Waals surface area contributed by atoms with Crippen LogP contribution >= 0.6 is 0 Å². The molecular formula is C19H25N3O2. The fourth-order valence-electron chi connectivity index (χ4n) is 3.56. The minimum absolute atomic E-state index is 0.220. The largest absolute Gasteiger partial charge is 0.349 e. The zero-order chi connectivity index (χ0) is 16.9. The molecule has 5 heteroatoms. The van der Waals surface area contributed by atoms with Crippen LogP contribution in [0.1, 0.15) is 43.1 Å². The van der Waals surface area contributed by atoms with Crippen LogP contribution in [-0.4, -0.2) is 41.5 Å². The molecule has 2 aromatic rings. The van der Waals surface area contributed by atoms with Crippen molar-refractivity contribution in [3.05, 3.63) is 46.4 Å². The zero-order valence-corrected chi connectivity index (χ0v) is 14.2. The first kappa shape index (κ1) is 16.7. The van der Waals surface area contributed by atoms with Gasteiger partial charge in [-0.15, -0.1) is 0 Å². The summed E-state index contributed by atoms with van der Waals surface area (Å²) >= 11 is 0. The number of piperidine rings is 1. The second kappa shape index (κ2) is 7.62. The molecule has 1 aliphatic heterocycles. The molecule has 0 bridgehead atoms. The topological polar surface area (TPSA) is 65.2 Å². The first-order valence-corrected chi connectivity index (χ1v) is 8.83. The predicted molar refractivity (Wildman–Crippen MR) is 96.4 cm³/mol. The molecule has 3 rings (SSSR count). The Morgan fingerprint density at radius 3 is 3.00 bits per heavy atom. The predicted octanol–water partition coefficient (Wildman–Crippen LogP) is 2.52. The summed E-state index contributed by atoms with van der Waals surface area (Å²) < 4.78 is 0. The standard InChI is InChI=1S/C19H25N3O2/c1-2-15-8-5-6-11-22(15)12-10-20-19(24)17-13-14-7-3-4-9-16(14)18(23)21-17/h3-4,7,9,13,15H,2,5-6,8,10-12H2,1H3,(H,20,24)(H,21,23). The summed E-state index contributed by atoms with van der Waals surface area (Å²) in [6.45, 7) is 4.80. The molecule has 1 atom stereocenters. The Morgan fingerprint density at radius 2 is 2.17 bits per heavy atom. The number of fused-ring (bicyclic) bond motifs is 1. The summed E-state index contributed by atoms with van der Waals surface area (Å²) in [4.78, 5) is 29.5. The van der Waals surface area contributed by atoms with Crippen molar-refractivity contribution in [2.75, 3.05) is 19.6 Å². The van der Waals surface area contributed by atoms with Crippen molar-refractivity contribution in [2.45, 2.75) is 38.6 Å². The molecule has 1 aliphatic rings. The van der Waals surface area contributed by atoms with E-state index in [0.717, 1.165) is 24.9 Å². The number of hydrogen-bond donors (Lipinski definition) is 2. The molecule has 2 heterocycles. The summed E-state index contributed by atoms with van der Waals surface area (Å²) in [7, 11) is 0. The fraction of sp³-hybridized carbons (Fsp3) is 0.474. The van der Waals surface area contributed by atoms with Gasteiger partial charge in [-0.3, -0.25) is 14.5 Å². The van der Waals surface area contributed by atoms with Crippen molar-refractivity contribution in [2.24, 2.45) is 0 Å². The monoisotopic (exact) mass is 327 g/mol. The molecule has 24 heavy (non-hydrogen) atoms. The number of carbonyl (C=O) groups is 1. The van der Waals surface area contributed by atoms with Crippen molar-refractivity contribution in [1.82, 2.24) is 15.2 Å². The van der Waals surface area contributed by atoms with E-state index in [-0.39, 0.29) is 11.5 Å². The van der Waals surface area contributed by atoms with Gasteiger partial charge in [0, 0.05) is 24.5 Å². The number of carbonyl (C=O) groups excluding carboxylic acids is 1. The molecule has 0 radical (unpaired) electrons. The number of rotatable bonds is 5. The van der Waals surface area contributed by atoms with Gasteiger partial charge in [-0.05, 0) is 43.3 Å². The van der Waals surface area contributed by atoms with Gasteiger partial charge in [0.05, 0.1) is 0 Å². The average Bonchev–Trinajstić information content (AvgIpc) is 2.62. The molecule has 0 aliphatic carbocycles. The molecule has 5 nitrogen and oxygen atoms in total. The van der Waals surface area contributed by atoms with E-state index >= 15 is 0 Å². The maximum atomic E-state index is 12.3. The number of pyridine rings is 1. The number of nitrogens with zero attached hydrogens (tertiary/aromatic N) is 1. The normalized spacial score (nSPS) is 18.6. The maximum absolute atomic E-state index is 12.3. The third-order valence-corrected chi connectivity index (χ3v) is 4.90. The summed E-state index contributed by atoms with van der Waals surface area (Å²) in [5, 5.41) is 4.32. The second-order valence-electron chi connectivity index (χ2n) is 6.45. The smallest absolute Gasteiger partial charge is 0.267 e. The van der Waals surface area contributed by atoms with E-state index in [4.69, 9.17) is 0 Å². The number of amides is 1. The quantitative estimate of drug-likeness (QED) is 0.887. The van der Waals surface area contributed by atoms with Crippen LogP contribution in [-0.2, 0) is 0 Å². The highest BCUT2D eigenvalue weighted by Gasteiger charge is 2.20. The van der Waals surface area contributed by atoms with Gasteiger partial charge in [0.1, 0.15) is 5.69 Å². The Hall–Kier alpha value is -2.14. The van der Waals surface area contributed by atoms with Crippen LogP contribution in [0.4, 0.5) is 0 Å². The van der Waals surface area contributed by atoms with Gasteiger partial charge < -0.3 is 10.3 Å². The zero-order valence-electron chi connectivity index (χ0n) is 14.2. The van der Waals surface area contributed by atoms with E-state index in [9.17, 15) is 9.59 Å². The highest BCUT2D eigenvalue weighted by atomic mass is 16.2. The third kappa shape index (κ3) is 3.67. The van der Waals surface area contributed by atoms with Crippen LogP contribution in [0.5, 0.6) is 0 Å². The molecule has 1 amide bonds. The summed E-state index contributed by atoms with van der Waals surface area (Å²) in [5.74, 6) is -0.220. The lowest BCUT2D eigenvalue weighted by molar-refractivity contribution is 0.0929. The SMILES string of the molecule is CCC1CCCCN1CCNC(=O)c1cc2ccccc2c(=O)[nH]1. The first-order valence-electron chi connectivity index (χ1n) is 8.83. The first-order chi connectivity index (χ1) is 11.7. The van der Waals surface area contributed by atoms with E-state index in [0.29, 0.717) is 23.7 Å². The third-order valence-electron chi connectivity index (χ3n) is 4.90. The number of aromatic nitrogens is 1. The molecule has 128 valence electrons. The van der Waals surface area contributed by atoms with Crippen LogP contribution in [0.25, 0.3) is 10.8 Å². The summed E-state index contributed by atoms with van der Waals surface area (Å²) in [6.07, 6.45) is 4.95. The minimum atomic E-state index is -0.222. The highest BCUT2D eigenvalue weighted by molar-refractivity contribution is 5.96. The van der Waals surface area contributed by atoms with Gasteiger partial charge in [0.2, 0.25) is 0 Å². The van der Waals surface area contributed by atoms with Crippen LogP contribution < -0.4 is 10.9 Å². The van der Waals surface area contributed by atoms with Crippen LogP contribution in [0.15, 0.2) is 35.1 Å². The van der Waals surface area contributed by atoms with E-state index < -0.39 is 0 Å². The van der Waals surface area contributed by atoms with Crippen molar-refractivity contribution in [3.63, 3.8) is 0 Å². The number of likely N-dealkylation sites (tertiary alicyclic amines) is 1. The Kier molecular flexibility index (Phi) is 5.30. The summed E-state index contributed by atoms with van der Waals surface area (Å²) in [5.41, 5.74) is 0.102. The number of aromatic amines is 1. The maximum Gasteiger partial charge on any atom is 0.267 e. The van der Waals surface area contributed by atoms with Gasteiger partial charge in [-0.2, -0.15) is 0 Å². The van der Waals surface area contributed by atoms with Crippen molar-refractivity contribution >= 4 is 16.7 Å². The molecule has 1 fully saturated rings. The molecule has 2 N–H and O–H groups in total. The lowest BCUT2D eigenvalue weighted by atomic mass is 10.0. The Morgan fingerprint density at radius 1 is 1.33 bits per heavy atom. The van der Waals surface area contributed by atoms with Gasteiger partial charge in [-0.1, -0.05) is 31.5 Å². The van der Waals surface area contributed by atoms with Gasteiger partial charge in [0.25, 0.3) is 11.5 Å². The van der Waals surface area contributed by atoms with Crippen LogP contribution in [0.2, 0.25) is 0 Å². The second-order valence-corrected chi connectivity index (χ2v) is 6.45. The lowest BCUT2D eigenvalue weighted by Gasteiger charge is -2.35. The molecule has 1 aromatic heterocycles. The molecule has 1 aromatic carbocycles.